The fraction of sp³-hybridized carbons (Fsp3) is 0.346. The van der Waals surface area contributed by atoms with Gasteiger partial charge < -0.3 is 24.1 Å². The highest BCUT2D eigenvalue weighted by Crippen LogP contribution is 2.40. The number of nitrogens with zero attached hydrogens (tertiary/aromatic N) is 2. The number of ether oxygens (including phenoxy) is 1. The van der Waals surface area contributed by atoms with Crippen LogP contribution in [0.4, 0.5) is 0 Å². The van der Waals surface area contributed by atoms with Crippen LogP contribution in [-0.4, -0.2) is 60.0 Å². The number of furan rings is 1. The molecule has 0 spiro atoms. The first-order chi connectivity index (χ1) is 16.5. The van der Waals surface area contributed by atoms with Gasteiger partial charge in [0.15, 0.2) is 22.9 Å². The number of pyridine rings is 1. The number of fused-ring (bicyclic) bond motifs is 1. The van der Waals surface area contributed by atoms with Crippen LogP contribution in [0.2, 0.25) is 0 Å². The third-order valence-corrected chi connectivity index (χ3v) is 6.45. The Kier molecular flexibility index (Phi) is 6.98. The normalized spacial score (nSPS) is 16.2. The predicted octanol–water partition coefficient (Wildman–Crippen LogP) is 2.73. The molecular weight excluding hydrogens is 434 g/mol. The lowest BCUT2D eigenvalue weighted by Crippen LogP contribution is -3.11. The van der Waals surface area contributed by atoms with Crippen molar-refractivity contribution in [2.75, 3.05) is 33.3 Å². The van der Waals surface area contributed by atoms with Gasteiger partial charge >= 0.3 is 0 Å². The number of rotatable bonds is 10. The number of nitrogens with one attached hydrogen (secondary N) is 1. The highest BCUT2D eigenvalue weighted by molar-refractivity contribution is 6.16. The van der Waals surface area contributed by atoms with Crippen molar-refractivity contribution in [3.8, 4) is 5.75 Å². The minimum atomic E-state index is -0.718. The molecule has 2 aromatic heterocycles. The maximum atomic E-state index is 13.6. The number of quaternary nitrogens is 1. The Balaban J connectivity index is 1.70. The van der Waals surface area contributed by atoms with E-state index >= 15 is 0 Å². The van der Waals surface area contributed by atoms with E-state index in [-0.39, 0.29) is 11.3 Å². The molecule has 0 radical (unpaired) electrons. The topological polar surface area (TPSA) is 97.3 Å². The second kappa shape index (κ2) is 10.1. The van der Waals surface area contributed by atoms with Crippen molar-refractivity contribution in [3.63, 3.8) is 0 Å². The molecule has 1 aliphatic rings. The van der Waals surface area contributed by atoms with Gasteiger partial charge in [-0.15, -0.1) is 0 Å². The van der Waals surface area contributed by atoms with Gasteiger partial charge in [-0.3, -0.25) is 14.6 Å². The third kappa shape index (κ3) is 4.28. The molecular formula is C26H30N3O5+. The summed E-state index contributed by atoms with van der Waals surface area (Å²) in [4.78, 5) is 33.8. The Labute approximate surface area is 198 Å². The van der Waals surface area contributed by atoms with Crippen LogP contribution < -0.4 is 9.64 Å². The van der Waals surface area contributed by atoms with E-state index < -0.39 is 23.5 Å². The maximum Gasteiger partial charge on any atom is 0.290 e. The van der Waals surface area contributed by atoms with E-state index in [2.05, 4.69) is 18.8 Å². The number of amides is 1. The van der Waals surface area contributed by atoms with Crippen molar-refractivity contribution in [1.29, 1.82) is 0 Å². The molecule has 1 amide bonds. The third-order valence-electron chi connectivity index (χ3n) is 6.45. The predicted molar refractivity (Wildman–Crippen MR) is 127 cm³/mol. The molecule has 1 atom stereocenters. The molecule has 0 aliphatic carbocycles. The van der Waals surface area contributed by atoms with E-state index in [0.29, 0.717) is 28.8 Å². The van der Waals surface area contributed by atoms with Gasteiger partial charge in [0.1, 0.15) is 0 Å². The first kappa shape index (κ1) is 23.5. The Morgan fingerprint density at radius 2 is 1.94 bits per heavy atom. The summed E-state index contributed by atoms with van der Waals surface area (Å²) in [5, 5.41) is 11.5. The molecule has 8 nitrogen and oxygen atoms in total. The number of carbonyl (C=O) groups excluding carboxylic acids is 2. The molecule has 178 valence electrons. The zero-order valence-corrected chi connectivity index (χ0v) is 19.7. The summed E-state index contributed by atoms with van der Waals surface area (Å²) < 4.78 is 11.2. The number of hydrogen-bond acceptors (Lipinski definition) is 6. The summed E-state index contributed by atoms with van der Waals surface area (Å²) in [6, 6.07) is 9.78. The van der Waals surface area contributed by atoms with Gasteiger partial charge in [0.05, 0.1) is 38.4 Å². The highest BCUT2D eigenvalue weighted by atomic mass is 16.5. The van der Waals surface area contributed by atoms with Crippen LogP contribution in [0.1, 0.15) is 42.4 Å². The van der Waals surface area contributed by atoms with Crippen LogP contribution in [0, 0.1) is 0 Å². The molecule has 1 aliphatic heterocycles. The van der Waals surface area contributed by atoms with Gasteiger partial charge in [-0.2, -0.15) is 0 Å². The maximum absolute atomic E-state index is 13.6. The number of para-hydroxylation sites is 1. The summed E-state index contributed by atoms with van der Waals surface area (Å²) >= 11 is 0. The number of ketones is 1. The molecule has 3 heterocycles. The van der Waals surface area contributed by atoms with Gasteiger partial charge in [-0.05, 0) is 43.7 Å². The zero-order valence-electron chi connectivity index (χ0n) is 19.7. The Hall–Kier alpha value is -3.65. The van der Waals surface area contributed by atoms with Crippen LogP contribution >= 0.6 is 0 Å². The largest absolute Gasteiger partial charge is 0.503 e. The first-order valence-corrected chi connectivity index (χ1v) is 11.6. The molecule has 4 rings (SSSR count). The Morgan fingerprint density at radius 1 is 1.21 bits per heavy atom. The summed E-state index contributed by atoms with van der Waals surface area (Å²) in [5.41, 5.74) is 1.17. The lowest BCUT2D eigenvalue weighted by Gasteiger charge is -2.27. The van der Waals surface area contributed by atoms with E-state index in [1.54, 1.807) is 47.6 Å². The Morgan fingerprint density at radius 3 is 2.62 bits per heavy atom. The fourth-order valence-corrected chi connectivity index (χ4v) is 4.55. The molecule has 0 fully saturated rings. The highest BCUT2D eigenvalue weighted by Gasteiger charge is 2.44. The average Bonchev–Trinajstić information content (AvgIpc) is 3.41. The minimum absolute atomic E-state index is 0.0180. The molecule has 1 aromatic carbocycles. The summed E-state index contributed by atoms with van der Waals surface area (Å²) in [6.07, 6.45) is 3.98. The number of aliphatic hydroxyl groups excluding tert-OH is 1. The quantitative estimate of drug-likeness (QED) is 0.448. The number of methoxy groups -OCH3 is 1. The van der Waals surface area contributed by atoms with Crippen LogP contribution in [0.15, 0.2) is 64.5 Å². The molecule has 0 unspecified atom stereocenters. The number of aliphatic hydroxyl groups is 1. The molecule has 0 saturated heterocycles. The summed E-state index contributed by atoms with van der Waals surface area (Å²) in [6.45, 7) is 7.58. The molecule has 0 saturated carbocycles. The lowest BCUT2D eigenvalue weighted by atomic mass is 9.95. The Bertz CT molecular complexity index is 1210. The smallest absolute Gasteiger partial charge is 0.290 e. The van der Waals surface area contributed by atoms with Crippen LogP contribution in [0.3, 0.4) is 0 Å². The van der Waals surface area contributed by atoms with E-state index in [4.69, 9.17) is 9.15 Å². The van der Waals surface area contributed by atoms with Gasteiger partial charge in [0.25, 0.3) is 5.91 Å². The summed E-state index contributed by atoms with van der Waals surface area (Å²) in [7, 11) is 1.53. The zero-order chi connectivity index (χ0) is 24.2. The van der Waals surface area contributed by atoms with Crippen molar-refractivity contribution in [1.82, 2.24) is 9.88 Å². The van der Waals surface area contributed by atoms with Crippen LogP contribution in [-0.2, 0) is 4.79 Å². The number of aromatic nitrogens is 1. The first-order valence-electron chi connectivity index (χ1n) is 11.6. The standard InChI is InChI=1S/C26H29N3O5/c1-4-28(5-2)14-7-15-29-22(17-10-12-27-13-11-17)21(24(31)26(29)32)23(30)20-16-18-8-6-9-19(33-3)25(18)34-20/h6,8-13,16,22,31H,4-5,7,14-15H2,1-3H3/p+1/t22-/m0/s1. The van der Waals surface area contributed by atoms with Gasteiger partial charge in [-0.1, -0.05) is 12.1 Å². The van der Waals surface area contributed by atoms with Gasteiger partial charge in [0, 0.05) is 30.7 Å². The number of benzene rings is 1. The second-order valence-electron chi connectivity index (χ2n) is 8.32. The van der Waals surface area contributed by atoms with Gasteiger partial charge in [-0.25, -0.2) is 0 Å². The van der Waals surface area contributed by atoms with Crippen molar-refractivity contribution in [2.45, 2.75) is 26.3 Å². The minimum Gasteiger partial charge on any atom is -0.503 e. The number of Topliss-reactive ketones (excluding diaryl/α,β-unsaturated/α-hetero) is 1. The molecule has 34 heavy (non-hydrogen) atoms. The number of hydrogen-bond donors (Lipinski definition) is 2. The van der Waals surface area contributed by atoms with Crippen molar-refractivity contribution < 1.29 is 28.7 Å². The van der Waals surface area contributed by atoms with Gasteiger partial charge in [0.2, 0.25) is 5.78 Å². The lowest BCUT2D eigenvalue weighted by molar-refractivity contribution is -0.896. The second-order valence-corrected chi connectivity index (χ2v) is 8.32. The van der Waals surface area contributed by atoms with E-state index in [1.807, 2.05) is 6.07 Å². The van der Waals surface area contributed by atoms with Crippen molar-refractivity contribution >= 4 is 22.7 Å². The van der Waals surface area contributed by atoms with Crippen LogP contribution in [0.25, 0.3) is 11.0 Å². The molecule has 2 N–H and O–H groups in total. The fourth-order valence-electron chi connectivity index (χ4n) is 4.55. The monoisotopic (exact) mass is 464 g/mol. The average molecular weight is 465 g/mol. The van der Waals surface area contributed by atoms with E-state index in [1.165, 1.54) is 12.0 Å². The van der Waals surface area contributed by atoms with E-state index in [0.717, 1.165) is 26.1 Å². The van der Waals surface area contributed by atoms with E-state index in [9.17, 15) is 14.7 Å². The van der Waals surface area contributed by atoms with Crippen molar-refractivity contribution in [2.24, 2.45) is 0 Å². The molecule has 0 bridgehead atoms. The summed E-state index contributed by atoms with van der Waals surface area (Å²) in [5.74, 6) is -1.06. The van der Waals surface area contributed by atoms with Crippen LogP contribution in [0.5, 0.6) is 5.75 Å². The SMILES string of the molecule is CC[NH+](CC)CCCN1C(=O)C(O)=C(C(=O)c2cc3cccc(OC)c3o2)[C@@H]1c1ccncc1. The number of carbonyl (C=O) groups is 2. The molecule has 8 heteroatoms. The van der Waals surface area contributed by atoms with Crippen molar-refractivity contribution in [3.05, 3.63) is 71.4 Å². The molecule has 3 aromatic rings.